The van der Waals surface area contributed by atoms with E-state index >= 15 is 0 Å². The molecule has 0 bridgehead atoms. The van der Waals surface area contributed by atoms with Gasteiger partial charge in [-0.25, -0.2) is 4.79 Å². The summed E-state index contributed by atoms with van der Waals surface area (Å²) in [7, 11) is 0. The summed E-state index contributed by atoms with van der Waals surface area (Å²) in [6, 6.07) is 13.4. The Morgan fingerprint density at radius 1 is 1.10 bits per heavy atom. The summed E-state index contributed by atoms with van der Waals surface area (Å²) >= 11 is 0. The molecule has 1 atom stereocenters. The smallest absolute Gasteiger partial charge is 0.321 e. The molecule has 0 saturated carbocycles. The molecule has 0 unspecified atom stereocenters. The minimum atomic E-state index is -0.250. The van der Waals surface area contributed by atoms with Gasteiger partial charge in [-0.1, -0.05) is 24.3 Å². The number of para-hydroxylation sites is 1. The molecule has 4 rings (SSSR count). The van der Waals surface area contributed by atoms with Gasteiger partial charge in [0.25, 0.3) is 0 Å². The predicted molar refractivity (Wildman–Crippen MR) is 116 cm³/mol. The SMILES string of the molecule is CCN1C[C@@]2(CC1=O)CN(Cc1cccnc1)CCN(C(=O)Nc1ccccc1)C2. The Bertz CT molecular complexity index is 876. The zero-order chi connectivity index (χ0) is 21.0. The van der Waals surface area contributed by atoms with Gasteiger partial charge in [-0.3, -0.25) is 14.7 Å². The molecule has 1 N–H and O–H groups in total. The lowest BCUT2D eigenvalue weighted by molar-refractivity contribution is -0.127. The monoisotopic (exact) mass is 407 g/mol. The molecule has 2 fully saturated rings. The highest BCUT2D eigenvalue weighted by molar-refractivity contribution is 5.89. The summed E-state index contributed by atoms with van der Waals surface area (Å²) in [6.45, 7) is 6.95. The van der Waals surface area contributed by atoms with Crippen LogP contribution >= 0.6 is 0 Å². The van der Waals surface area contributed by atoms with E-state index in [4.69, 9.17) is 0 Å². The van der Waals surface area contributed by atoms with Gasteiger partial charge in [0.2, 0.25) is 5.91 Å². The van der Waals surface area contributed by atoms with Crippen molar-refractivity contribution in [2.45, 2.75) is 19.9 Å². The number of hydrogen-bond donors (Lipinski definition) is 1. The molecule has 2 aromatic rings. The maximum atomic E-state index is 13.0. The van der Waals surface area contributed by atoms with Gasteiger partial charge in [0.15, 0.2) is 0 Å². The maximum Gasteiger partial charge on any atom is 0.321 e. The minimum Gasteiger partial charge on any atom is -0.342 e. The van der Waals surface area contributed by atoms with E-state index in [1.165, 1.54) is 0 Å². The normalized spacial score (nSPS) is 22.4. The molecule has 3 heterocycles. The molecule has 30 heavy (non-hydrogen) atoms. The number of pyridine rings is 1. The molecule has 2 aliphatic rings. The average Bonchev–Trinajstić information content (AvgIpc) is 2.95. The third kappa shape index (κ3) is 4.62. The predicted octanol–water partition coefficient (Wildman–Crippen LogP) is 2.67. The molecule has 3 amide bonds. The zero-order valence-electron chi connectivity index (χ0n) is 17.5. The van der Waals surface area contributed by atoms with Crippen molar-refractivity contribution in [3.05, 3.63) is 60.4 Å². The fourth-order valence-corrected chi connectivity index (χ4v) is 4.61. The van der Waals surface area contributed by atoms with Gasteiger partial charge in [-0.15, -0.1) is 0 Å². The van der Waals surface area contributed by atoms with Crippen molar-refractivity contribution in [1.82, 2.24) is 19.7 Å². The summed E-state index contributed by atoms with van der Waals surface area (Å²) in [5.41, 5.74) is 1.68. The van der Waals surface area contributed by atoms with Gasteiger partial charge in [-0.05, 0) is 30.7 Å². The molecule has 1 spiro atoms. The van der Waals surface area contributed by atoms with E-state index in [0.717, 1.165) is 30.9 Å². The average molecular weight is 408 g/mol. The van der Waals surface area contributed by atoms with Crippen LogP contribution in [0.2, 0.25) is 0 Å². The number of nitrogens with one attached hydrogen (secondary N) is 1. The number of urea groups is 1. The van der Waals surface area contributed by atoms with Gasteiger partial charge < -0.3 is 15.1 Å². The van der Waals surface area contributed by atoms with Gasteiger partial charge in [0.1, 0.15) is 0 Å². The van der Waals surface area contributed by atoms with Gasteiger partial charge in [-0.2, -0.15) is 0 Å². The molecule has 2 saturated heterocycles. The van der Waals surface area contributed by atoms with Crippen molar-refractivity contribution >= 4 is 17.6 Å². The largest absolute Gasteiger partial charge is 0.342 e. The number of likely N-dealkylation sites (tertiary alicyclic amines) is 1. The number of hydrogen-bond acceptors (Lipinski definition) is 4. The molecule has 1 aromatic carbocycles. The third-order valence-corrected chi connectivity index (χ3v) is 6.00. The first kappa shape index (κ1) is 20.3. The summed E-state index contributed by atoms with van der Waals surface area (Å²) in [6.07, 6.45) is 4.15. The second-order valence-electron chi connectivity index (χ2n) is 8.37. The molecule has 2 aliphatic heterocycles. The Hall–Kier alpha value is -2.93. The zero-order valence-corrected chi connectivity index (χ0v) is 17.5. The second-order valence-corrected chi connectivity index (χ2v) is 8.37. The van der Waals surface area contributed by atoms with Crippen LogP contribution in [0.25, 0.3) is 0 Å². The van der Waals surface area contributed by atoms with Crippen molar-refractivity contribution < 1.29 is 9.59 Å². The molecule has 1 aromatic heterocycles. The summed E-state index contributed by atoms with van der Waals surface area (Å²) in [5, 5.41) is 3.01. The lowest BCUT2D eigenvalue weighted by Crippen LogP contribution is -2.45. The Balaban J connectivity index is 1.53. The highest BCUT2D eigenvalue weighted by Crippen LogP contribution is 2.35. The van der Waals surface area contributed by atoms with Crippen molar-refractivity contribution in [1.29, 1.82) is 0 Å². The lowest BCUT2D eigenvalue weighted by atomic mass is 9.86. The van der Waals surface area contributed by atoms with E-state index in [2.05, 4.69) is 21.3 Å². The second kappa shape index (κ2) is 8.83. The Labute approximate surface area is 177 Å². The number of benzene rings is 1. The quantitative estimate of drug-likeness (QED) is 0.846. The number of amides is 3. The van der Waals surface area contributed by atoms with E-state index in [1.807, 2.05) is 59.3 Å². The van der Waals surface area contributed by atoms with Crippen molar-refractivity contribution in [3.8, 4) is 0 Å². The fraction of sp³-hybridized carbons (Fsp3) is 0.435. The maximum absolute atomic E-state index is 13.0. The molecule has 7 nitrogen and oxygen atoms in total. The Kier molecular flexibility index (Phi) is 5.99. The van der Waals surface area contributed by atoms with E-state index in [0.29, 0.717) is 32.6 Å². The van der Waals surface area contributed by atoms with Crippen LogP contribution in [-0.4, -0.2) is 70.9 Å². The third-order valence-electron chi connectivity index (χ3n) is 6.00. The topological polar surface area (TPSA) is 68.8 Å². The fourth-order valence-electron chi connectivity index (χ4n) is 4.61. The van der Waals surface area contributed by atoms with Crippen LogP contribution in [0, 0.1) is 5.41 Å². The van der Waals surface area contributed by atoms with Gasteiger partial charge in [0, 0.05) is 75.7 Å². The van der Waals surface area contributed by atoms with Crippen LogP contribution in [0.1, 0.15) is 18.9 Å². The Morgan fingerprint density at radius 3 is 2.63 bits per heavy atom. The first-order valence-electron chi connectivity index (χ1n) is 10.6. The van der Waals surface area contributed by atoms with Crippen molar-refractivity contribution in [2.24, 2.45) is 5.41 Å². The first-order valence-corrected chi connectivity index (χ1v) is 10.6. The number of anilines is 1. The first-order chi connectivity index (χ1) is 14.6. The molecule has 0 radical (unpaired) electrons. The number of aromatic nitrogens is 1. The van der Waals surface area contributed by atoms with Crippen LogP contribution in [-0.2, 0) is 11.3 Å². The summed E-state index contributed by atoms with van der Waals surface area (Å²) < 4.78 is 0. The minimum absolute atomic E-state index is 0.105. The van der Waals surface area contributed by atoms with Crippen molar-refractivity contribution in [2.75, 3.05) is 44.6 Å². The lowest BCUT2D eigenvalue weighted by Gasteiger charge is -2.33. The van der Waals surface area contributed by atoms with Crippen LogP contribution in [0.5, 0.6) is 0 Å². The highest BCUT2D eigenvalue weighted by atomic mass is 16.2. The van der Waals surface area contributed by atoms with Gasteiger partial charge in [0.05, 0.1) is 0 Å². The molecule has 0 aliphatic carbocycles. The summed E-state index contributed by atoms with van der Waals surface area (Å²) in [5.74, 6) is 0.184. The van der Waals surface area contributed by atoms with Crippen molar-refractivity contribution in [3.63, 3.8) is 0 Å². The number of rotatable bonds is 4. The van der Waals surface area contributed by atoms with E-state index in [-0.39, 0.29) is 17.4 Å². The summed E-state index contributed by atoms with van der Waals surface area (Å²) in [4.78, 5) is 36.0. The van der Waals surface area contributed by atoms with Gasteiger partial charge >= 0.3 is 6.03 Å². The van der Waals surface area contributed by atoms with E-state index < -0.39 is 0 Å². The molecular formula is C23H29N5O2. The number of carbonyl (C=O) groups excluding carboxylic acids is 2. The molecular weight excluding hydrogens is 378 g/mol. The number of carbonyl (C=O) groups is 2. The molecule has 7 heteroatoms. The number of nitrogens with zero attached hydrogens (tertiary/aromatic N) is 4. The Morgan fingerprint density at radius 2 is 1.93 bits per heavy atom. The van der Waals surface area contributed by atoms with Crippen LogP contribution in [0.4, 0.5) is 10.5 Å². The molecule has 158 valence electrons. The van der Waals surface area contributed by atoms with E-state index in [9.17, 15) is 9.59 Å². The van der Waals surface area contributed by atoms with Crippen LogP contribution in [0.3, 0.4) is 0 Å². The van der Waals surface area contributed by atoms with E-state index in [1.54, 1.807) is 6.20 Å². The van der Waals surface area contributed by atoms with Crippen LogP contribution in [0.15, 0.2) is 54.9 Å². The van der Waals surface area contributed by atoms with Crippen LogP contribution < -0.4 is 5.32 Å². The standard InChI is InChI=1S/C23H29N5O2/c1-2-27-17-23(13-21(27)29)16-26(15-19-7-6-10-24-14-19)11-12-28(18-23)22(30)25-20-8-4-3-5-9-20/h3-10,14H,2,11-13,15-18H2,1H3,(H,25,30)/t23-/m1/s1. The highest BCUT2D eigenvalue weighted by Gasteiger charge is 2.46.